The van der Waals surface area contributed by atoms with Crippen molar-refractivity contribution in [2.75, 3.05) is 13.1 Å². The summed E-state index contributed by atoms with van der Waals surface area (Å²) in [4.78, 5) is 12.1. The predicted octanol–water partition coefficient (Wildman–Crippen LogP) is 2.85. The number of hydrogen-bond donors (Lipinski definition) is 2. The van der Waals surface area contributed by atoms with Gasteiger partial charge in [0.2, 0.25) is 5.91 Å². The third-order valence-corrected chi connectivity index (χ3v) is 5.22. The molecule has 0 aromatic rings. The van der Waals surface area contributed by atoms with E-state index < -0.39 is 12.1 Å². The molecule has 2 saturated carbocycles. The van der Waals surface area contributed by atoms with Gasteiger partial charge in [-0.2, -0.15) is 13.2 Å². The van der Waals surface area contributed by atoms with Crippen molar-refractivity contribution in [3.63, 3.8) is 0 Å². The van der Waals surface area contributed by atoms with Gasteiger partial charge in [-0.3, -0.25) is 4.79 Å². The minimum atomic E-state index is -4.11. The summed E-state index contributed by atoms with van der Waals surface area (Å²) in [6, 6.07) is 0. The Balaban J connectivity index is 1.73. The number of nitrogens with one attached hydrogen (secondary N) is 1. The molecule has 2 atom stereocenters. The molecule has 3 N–H and O–H groups in total. The zero-order valence-electron chi connectivity index (χ0n) is 12.3. The highest BCUT2D eigenvalue weighted by Crippen LogP contribution is 2.39. The lowest BCUT2D eigenvalue weighted by atomic mass is 9.81. The number of halogens is 3. The molecule has 2 aliphatic carbocycles. The Morgan fingerprint density at radius 1 is 1.05 bits per heavy atom. The molecule has 0 radical (unpaired) electrons. The van der Waals surface area contributed by atoms with Crippen LogP contribution in [0.3, 0.4) is 0 Å². The van der Waals surface area contributed by atoms with E-state index in [1.807, 2.05) is 0 Å². The topological polar surface area (TPSA) is 55.1 Å². The Morgan fingerprint density at radius 3 is 2.24 bits per heavy atom. The molecule has 0 aromatic heterocycles. The summed E-state index contributed by atoms with van der Waals surface area (Å²) in [5.41, 5.74) is 5.71. The van der Waals surface area contributed by atoms with Crippen LogP contribution < -0.4 is 11.1 Å². The lowest BCUT2D eigenvalue weighted by molar-refractivity contribution is -0.184. The van der Waals surface area contributed by atoms with Crippen molar-refractivity contribution in [1.82, 2.24) is 5.32 Å². The Kier molecular flexibility index (Phi) is 5.52. The van der Waals surface area contributed by atoms with Gasteiger partial charge in [0.25, 0.3) is 0 Å². The standard InChI is InChI=1S/C15H25F3N2O/c16-15(17,18)13-6-4-10(5-7-13)14(21)20-9-12-3-1-2-11(12)8-19/h10-13H,1-9,19H2,(H,20,21). The second kappa shape index (κ2) is 6.99. The smallest absolute Gasteiger partial charge is 0.356 e. The molecule has 3 nitrogen and oxygen atoms in total. The Morgan fingerprint density at radius 2 is 1.67 bits per heavy atom. The largest absolute Gasteiger partial charge is 0.391 e. The zero-order valence-corrected chi connectivity index (χ0v) is 12.3. The van der Waals surface area contributed by atoms with Crippen LogP contribution in [0, 0.1) is 23.7 Å². The fourth-order valence-electron chi connectivity index (χ4n) is 3.75. The van der Waals surface area contributed by atoms with Crippen LogP contribution in [-0.2, 0) is 4.79 Å². The fourth-order valence-corrected chi connectivity index (χ4v) is 3.75. The summed E-state index contributed by atoms with van der Waals surface area (Å²) in [6.45, 7) is 1.27. The monoisotopic (exact) mass is 306 g/mol. The van der Waals surface area contributed by atoms with Crippen LogP contribution >= 0.6 is 0 Å². The van der Waals surface area contributed by atoms with Crippen molar-refractivity contribution in [3.8, 4) is 0 Å². The number of amides is 1. The van der Waals surface area contributed by atoms with Crippen molar-refractivity contribution in [3.05, 3.63) is 0 Å². The summed E-state index contributed by atoms with van der Waals surface area (Å²) in [5.74, 6) is -0.630. The van der Waals surface area contributed by atoms with Crippen molar-refractivity contribution in [1.29, 1.82) is 0 Å². The van der Waals surface area contributed by atoms with Crippen molar-refractivity contribution in [2.45, 2.75) is 51.1 Å². The summed E-state index contributed by atoms with van der Waals surface area (Å²) in [6.07, 6.45) is 0.101. The average Bonchev–Trinajstić information content (AvgIpc) is 2.91. The highest BCUT2D eigenvalue weighted by molar-refractivity contribution is 5.78. The summed E-state index contributed by atoms with van der Waals surface area (Å²) in [5, 5.41) is 2.94. The third-order valence-electron chi connectivity index (χ3n) is 5.22. The lowest BCUT2D eigenvalue weighted by Gasteiger charge is -2.29. The van der Waals surface area contributed by atoms with Gasteiger partial charge in [-0.25, -0.2) is 0 Å². The van der Waals surface area contributed by atoms with Gasteiger partial charge >= 0.3 is 6.18 Å². The van der Waals surface area contributed by atoms with Crippen LogP contribution in [0.25, 0.3) is 0 Å². The molecule has 0 aromatic carbocycles. The first kappa shape index (κ1) is 16.6. The molecule has 1 amide bonds. The Labute approximate surface area is 123 Å². The predicted molar refractivity (Wildman–Crippen MR) is 74.4 cm³/mol. The van der Waals surface area contributed by atoms with Gasteiger partial charge in [-0.1, -0.05) is 6.42 Å². The highest BCUT2D eigenvalue weighted by Gasteiger charge is 2.42. The van der Waals surface area contributed by atoms with Gasteiger partial charge in [-0.05, 0) is 56.9 Å². The van der Waals surface area contributed by atoms with Crippen LogP contribution in [0.15, 0.2) is 0 Å². The molecule has 2 rings (SSSR count). The number of rotatable bonds is 4. The molecule has 0 aliphatic heterocycles. The molecule has 0 bridgehead atoms. The van der Waals surface area contributed by atoms with E-state index in [2.05, 4.69) is 5.32 Å². The van der Waals surface area contributed by atoms with Gasteiger partial charge in [-0.15, -0.1) is 0 Å². The van der Waals surface area contributed by atoms with Gasteiger partial charge < -0.3 is 11.1 Å². The normalized spacial score (nSPS) is 33.9. The molecule has 0 spiro atoms. The average molecular weight is 306 g/mol. The van der Waals surface area contributed by atoms with Crippen molar-refractivity contribution in [2.24, 2.45) is 29.4 Å². The molecule has 6 heteroatoms. The number of hydrogen-bond acceptors (Lipinski definition) is 2. The molecule has 21 heavy (non-hydrogen) atoms. The van der Waals surface area contributed by atoms with Crippen LogP contribution in [0.5, 0.6) is 0 Å². The molecule has 2 unspecified atom stereocenters. The maximum atomic E-state index is 12.6. The summed E-state index contributed by atoms with van der Waals surface area (Å²) >= 11 is 0. The number of carbonyl (C=O) groups excluding carboxylic acids is 1. The molecule has 2 aliphatic rings. The van der Waals surface area contributed by atoms with Gasteiger partial charge in [0.05, 0.1) is 5.92 Å². The maximum absolute atomic E-state index is 12.6. The number of nitrogens with two attached hydrogens (primary N) is 1. The quantitative estimate of drug-likeness (QED) is 0.839. The van der Waals surface area contributed by atoms with E-state index in [0.717, 1.165) is 19.3 Å². The van der Waals surface area contributed by atoms with Crippen LogP contribution in [0.4, 0.5) is 13.2 Å². The second-order valence-electron chi connectivity index (χ2n) is 6.52. The maximum Gasteiger partial charge on any atom is 0.391 e. The molecule has 122 valence electrons. The summed E-state index contributed by atoms with van der Waals surface area (Å²) in [7, 11) is 0. The lowest BCUT2D eigenvalue weighted by Crippen LogP contribution is -2.39. The zero-order chi connectivity index (χ0) is 15.5. The van der Waals surface area contributed by atoms with E-state index in [0.29, 0.717) is 37.8 Å². The van der Waals surface area contributed by atoms with Gasteiger partial charge in [0.15, 0.2) is 0 Å². The van der Waals surface area contributed by atoms with E-state index in [4.69, 9.17) is 5.73 Å². The molecule has 0 heterocycles. The van der Waals surface area contributed by atoms with E-state index in [9.17, 15) is 18.0 Å². The van der Waals surface area contributed by atoms with E-state index in [1.165, 1.54) is 0 Å². The Bertz CT molecular complexity index is 351. The van der Waals surface area contributed by atoms with E-state index in [-0.39, 0.29) is 24.7 Å². The van der Waals surface area contributed by atoms with E-state index in [1.54, 1.807) is 0 Å². The highest BCUT2D eigenvalue weighted by atomic mass is 19.4. The van der Waals surface area contributed by atoms with Crippen LogP contribution in [0.1, 0.15) is 44.9 Å². The molecule has 0 saturated heterocycles. The van der Waals surface area contributed by atoms with Gasteiger partial charge in [0.1, 0.15) is 0 Å². The molecular weight excluding hydrogens is 281 g/mol. The molecular formula is C15H25F3N2O. The van der Waals surface area contributed by atoms with Crippen LogP contribution in [-0.4, -0.2) is 25.2 Å². The second-order valence-corrected chi connectivity index (χ2v) is 6.52. The number of alkyl halides is 3. The molecule has 2 fully saturated rings. The summed E-state index contributed by atoms with van der Waals surface area (Å²) < 4.78 is 37.8. The van der Waals surface area contributed by atoms with Crippen molar-refractivity contribution >= 4 is 5.91 Å². The number of carbonyl (C=O) groups is 1. The minimum Gasteiger partial charge on any atom is -0.356 e. The van der Waals surface area contributed by atoms with Gasteiger partial charge in [0, 0.05) is 12.5 Å². The SMILES string of the molecule is NCC1CCCC1CNC(=O)C1CCC(C(F)(F)F)CC1. The van der Waals surface area contributed by atoms with E-state index >= 15 is 0 Å². The minimum absolute atomic E-state index is 0.0710. The Hall–Kier alpha value is -0.780. The first-order valence-electron chi connectivity index (χ1n) is 7.96. The van der Waals surface area contributed by atoms with Crippen molar-refractivity contribution < 1.29 is 18.0 Å². The first-order valence-corrected chi connectivity index (χ1v) is 7.96. The fraction of sp³-hybridized carbons (Fsp3) is 0.933. The first-order chi connectivity index (χ1) is 9.91. The van der Waals surface area contributed by atoms with Crippen LogP contribution in [0.2, 0.25) is 0 Å². The third kappa shape index (κ3) is 4.34.